The van der Waals surface area contributed by atoms with Crippen molar-refractivity contribution in [3.8, 4) is 5.75 Å². The Morgan fingerprint density at radius 2 is 1.69 bits per heavy atom. The van der Waals surface area contributed by atoms with Gasteiger partial charge in [-0.05, 0) is 74.1 Å². The van der Waals surface area contributed by atoms with Gasteiger partial charge in [0.05, 0.1) is 12.6 Å². The van der Waals surface area contributed by atoms with E-state index in [2.05, 4.69) is 69.0 Å². The van der Waals surface area contributed by atoms with Crippen molar-refractivity contribution in [2.45, 2.75) is 46.0 Å². The van der Waals surface area contributed by atoms with Crippen LogP contribution in [0.5, 0.6) is 5.75 Å². The molecule has 0 saturated heterocycles. The molecule has 0 spiro atoms. The van der Waals surface area contributed by atoms with E-state index >= 15 is 0 Å². The van der Waals surface area contributed by atoms with Crippen LogP contribution in [-0.4, -0.2) is 35.2 Å². The second-order valence-corrected chi connectivity index (χ2v) is 9.08. The summed E-state index contributed by atoms with van der Waals surface area (Å²) >= 11 is 0. The van der Waals surface area contributed by atoms with E-state index in [1.165, 1.54) is 10.9 Å². The van der Waals surface area contributed by atoms with E-state index < -0.39 is 0 Å². The van der Waals surface area contributed by atoms with E-state index in [1.54, 1.807) is 7.11 Å². The van der Waals surface area contributed by atoms with Crippen molar-refractivity contribution in [1.82, 2.24) is 15.0 Å². The van der Waals surface area contributed by atoms with Crippen molar-refractivity contribution in [3.63, 3.8) is 0 Å². The van der Waals surface area contributed by atoms with Crippen LogP contribution in [0.15, 0.2) is 60.8 Å². The molecule has 0 radical (unpaired) electrons. The van der Waals surface area contributed by atoms with Crippen molar-refractivity contribution in [1.29, 1.82) is 0 Å². The van der Waals surface area contributed by atoms with Gasteiger partial charge in [-0.1, -0.05) is 26.0 Å². The maximum Gasteiger partial charge on any atom is 0.224 e. The molecular formula is C29H36N6O. The molecule has 2 aromatic carbocycles. The summed E-state index contributed by atoms with van der Waals surface area (Å²) in [6, 6.07) is 18.4. The first kappa shape index (κ1) is 25.2. The van der Waals surface area contributed by atoms with Crippen LogP contribution >= 0.6 is 0 Å². The Kier molecular flexibility index (Phi) is 8.55. The normalized spacial score (nSPS) is 11.8. The minimum Gasteiger partial charge on any atom is -0.497 e. The monoisotopic (exact) mass is 484 g/mol. The number of anilines is 4. The third-order valence-corrected chi connectivity index (χ3v) is 6.37. The lowest BCUT2D eigenvalue weighted by molar-refractivity contribution is 0.415. The van der Waals surface area contributed by atoms with Crippen molar-refractivity contribution < 1.29 is 4.74 Å². The molecule has 7 nitrogen and oxygen atoms in total. The Balaban J connectivity index is 1.25. The predicted octanol–water partition coefficient (Wildman–Crippen LogP) is 6.90. The average Bonchev–Trinajstić information content (AvgIpc) is 2.90. The zero-order valence-electron chi connectivity index (χ0n) is 21.6. The number of methoxy groups -OCH3 is 1. The van der Waals surface area contributed by atoms with E-state index in [9.17, 15) is 0 Å². The second-order valence-electron chi connectivity index (χ2n) is 9.08. The molecule has 0 amide bonds. The molecule has 4 aromatic rings. The molecule has 4 rings (SSSR count). The molecule has 0 aliphatic carbocycles. The number of fused-ring (bicyclic) bond motifs is 1. The number of aromatic nitrogens is 3. The Labute approximate surface area is 213 Å². The number of nitrogens with one attached hydrogen (secondary N) is 3. The Morgan fingerprint density at radius 3 is 2.44 bits per heavy atom. The maximum atomic E-state index is 5.22. The minimum absolute atomic E-state index is 0.548. The highest BCUT2D eigenvalue weighted by atomic mass is 16.5. The third-order valence-electron chi connectivity index (χ3n) is 6.37. The number of rotatable bonds is 12. The fraction of sp³-hybridized carbons (Fsp3) is 0.345. The van der Waals surface area contributed by atoms with E-state index in [-0.39, 0.29) is 0 Å². The summed E-state index contributed by atoms with van der Waals surface area (Å²) in [7, 11) is 1.66. The molecule has 2 aromatic heterocycles. The Bertz CT molecular complexity index is 1270. The quantitative estimate of drug-likeness (QED) is 0.189. The zero-order valence-corrected chi connectivity index (χ0v) is 21.6. The summed E-state index contributed by atoms with van der Waals surface area (Å²) in [5.41, 5.74) is 5.40. The largest absolute Gasteiger partial charge is 0.497 e. The van der Waals surface area contributed by atoms with Crippen molar-refractivity contribution in [2.24, 2.45) is 0 Å². The molecule has 36 heavy (non-hydrogen) atoms. The molecule has 0 fully saturated rings. The maximum absolute atomic E-state index is 5.22. The van der Waals surface area contributed by atoms with E-state index in [0.717, 1.165) is 66.5 Å². The topological polar surface area (TPSA) is 84.0 Å². The van der Waals surface area contributed by atoms with Gasteiger partial charge in [-0.2, -0.15) is 4.98 Å². The first-order chi connectivity index (χ1) is 17.6. The summed E-state index contributed by atoms with van der Waals surface area (Å²) in [5.74, 6) is 2.77. The minimum atomic E-state index is 0.548. The van der Waals surface area contributed by atoms with Gasteiger partial charge in [0.2, 0.25) is 5.95 Å². The molecule has 7 heteroatoms. The number of hydrogen-bond acceptors (Lipinski definition) is 7. The van der Waals surface area contributed by atoms with Gasteiger partial charge in [0.15, 0.2) is 0 Å². The van der Waals surface area contributed by atoms with Gasteiger partial charge in [0, 0.05) is 47.8 Å². The molecule has 3 N–H and O–H groups in total. The SMILES string of the molecule is CCC(C)c1ccc2c(NCCCCNc3nc(C)cc(Nc4ccc(OC)cc4)n3)ccnc2c1. The van der Waals surface area contributed by atoms with Gasteiger partial charge in [0.1, 0.15) is 11.6 Å². The summed E-state index contributed by atoms with van der Waals surface area (Å²) in [4.78, 5) is 13.7. The van der Waals surface area contributed by atoms with Gasteiger partial charge in [-0.3, -0.25) is 4.98 Å². The van der Waals surface area contributed by atoms with Crippen LogP contribution < -0.4 is 20.7 Å². The Hall–Kier alpha value is -3.87. The fourth-order valence-corrected chi connectivity index (χ4v) is 4.07. The van der Waals surface area contributed by atoms with E-state index in [4.69, 9.17) is 4.74 Å². The molecule has 188 valence electrons. The van der Waals surface area contributed by atoms with Crippen LogP contribution in [0.25, 0.3) is 10.9 Å². The number of hydrogen-bond donors (Lipinski definition) is 3. The molecule has 0 aliphatic rings. The van der Waals surface area contributed by atoms with Gasteiger partial charge < -0.3 is 20.7 Å². The highest BCUT2D eigenvalue weighted by Gasteiger charge is 2.07. The van der Waals surface area contributed by atoms with Crippen LogP contribution in [0, 0.1) is 6.92 Å². The summed E-state index contributed by atoms with van der Waals surface area (Å²) in [6.45, 7) is 8.16. The summed E-state index contributed by atoms with van der Waals surface area (Å²) < 4.78 is 5.22. The van der Waals surface area contributed by atoms with E-state index in [0.29, 0.717) is 11.9 Å². The third kappa shape index (κ3) is 6.62. The molecule has 0 aliphatic heterocycles. The number of nitrogens with zero attached hydrogens (tertiary/aromatic N) is 3. The van der Waals surface area contributed by atoms with Crippen molar-refractivity contribution in [2.75, 3.05) is 36.1 Å². The number of benzene rings is 2. The smallest absolute Gasteiger partial charge is 0.224 e. The van der Waals surface area contributed by atoms with Crippen molar-refractivity contribution in [3.05, 3.63) is 72.1 Å². The zero-order chi connectivity index (χ0) is 25.3. The average molecular weight is 485 g/mol. The van der Waals surface area contributed by atoms with E-state index in [1.807, 2.05) is 43.5 Å². The molecule has 1 atom stereocenters. The lowest BCUT2D eigenvalue weighted by Crippen LogP contribution is -2.10. The van der Waals surface area contributed by atoms with Crippen LogP contribution in [0.4, 0.5) is 23.1 Å². The van der Waals surface area contributed by atoms with Crippen LogP contribution in [0.1, 0.15) is 50.3 Å². The lowest BCUT2D eigenvalue weighted by Gasteiger charge is -2.13. The first-order valence-electron chi connectivity index (χ1n) is 12.7. The van der Waals surface area contributed by atoms with Crippen molar-refractivity contribution >= 4 is 34.0 Å². The fourth-order valence-electron chi connectivity index (χ4n) is 4.07. The molecular weight excluding hydrogens is 448 g/mol. The molecule has 2 heterocycles. The van der Waals surface area contributed by atoms with Crippen LogP contribution in [0.2, 0.25) is 0 Å². The van der Waals surface area contributed by atoms with Crippen LogP contribution in [-0.2, 0) is 0 Å². The standard InChI is InChI=1S/C29H36N6O/c1-5-20(2)22-8-13-25-26(14-17-31-27(25)19-22)30-15-6-7-16-32-29-33-21(3)18-28(35-29)34-23-9-11-24(36-4)12-10-23/h8-14,17-20H,5-7,15-16H2,1-4H3,(H,30,31)(H2,32,33,34,35). The Morgan fingerprint density at radius 1 is 0.917 bits per heavy atom. The summed E-state index contributed by atoms with van der Waals surface area (Å²) in [6.07, 6.45) is 5.06. The highest BCUT2D eigenvalue weighted by molar-refractivity contribution is 5.91. The van der Waals surface area contributed by atoms with Crippen LogP contribution in [0.3, 0.4) is 0 Å². The summed E-state index contributed by atoms with van der Waals surface area (Å²) in [5, 5.41) is 11.4. The molecule has 0 saturated carbocycles. The number of aryl methyl sites for hydroxylation is 1. The highest BCUT2D eigenvalue weighted by Crippen LogP contribution is 2.27. The number of pyridine rings is 1. The van der Waals surface area contributed by atoms with Gasteiger partial charge in [-0.15, -0.1) is 0 Å². The molecule has 0 bridgehead atoms. The first-order valence-corrected chi connectivity index (χ1v) is 12.7. The second kappa shape index (κ2) is 12.2. The lowest BCUT2D eigenvalue weighted by atomic mass is 9.97. The number of unbranched alkanes of at least 4 members (excludes halogenated alkanes) is 1. The molecule has 1 unspecified atom stereocenters. The predicted molar refractivity (Wildman–Crippen MR) is 150 cm³/mol. The number of ether oxygens (including phenoxy) is 1. The van der Waals surface area contributed by atoms with Gasteiger partial charge >= 0.3 is 0 Å². The van der Waals surface area contributed by atoms with Gasteiger partial charge in [0.25, 0.3) is 0 Å². The van der Waals surface area contributed by atoms with Gasteiger partial charge in [-0.25, -0.2) is 4.98 Å².